The molecule has 0 aliphatic rings. The molecule has 2 rings (SSSR count). The summed E-state index contributed by atoms with van der Waals surface area (Å²) in [5, 5.41) is 0.438. The Morgan fingerprint density at radius 2 is 1.89 bits per heavy atom. The Morgan fingerprint density at radius 3 is 2.44 bits per heavy atom. The number of hydrogen-bond acceptors (Lipinski definition) is 2. The molecular weight excluding hydrogens is 351 g/mol. The van der Waals surface area contributed by atoms with Crippen LogP contribution in [-0.4, -0.2) is 0 Å². The largest absolute Gasteiger partial charge is 0.320 e. The first-order valence-electron chi connectivity index (χ1n) is 4.75. The number of nitrogens with two attached hydrogens (primary N) is 1. The molecule has 0 radical (unpaired) electrons. The highest BCUT2D eigenvalue weighted by Gasteiger charge is 2.21. The van der Waals surface area contributed by atoms with Crippen LogP contribution >= 0.6 is 38.9 Å². The fraction of sp³-hybridized carbons (Fsp3) is 0.0909. The number of benzene rings is 1. The summed E-state index contributed by atoms with van der Waals surface area (Å²) < 4.78 is 40.1. The molecule has 0 aliphatic carbocycles. The molecule has 0 amide bonds. The Morgan fingerprint density at radius 1 is 1.22 bits per heavy atom. The molecular formula is C11H6BrClF3NS. The predicted molar refractivity (Wildman–Crippen MR) is 69.4 cm³/mol. The van der Waals surface area contributed by atoms with Gasteiger partial charge in [0.05, 0.1) is 14.9 Å². The van der Waals surface area contributed by atoms with Crippen molar-refractivity contribution in [1.29, 1.82) is 0 Å². The van der Waals surface area contributed by atoms with Crippen LogP contribution in [0.2, 0.25) is 5.02 Å². The van der Waals surface area contributed by atoms with Gasteiger partial charge in [-0.05, 0) is 28.1 Å². The lowest BCUT2D eigenvalue weighted by molar-refractivity contribution is 0.439. The minimum absolute atomic E-state index is 0.112. The Hall–Kier alpha value is -0.560. The van der Waals surface area contributed by atoms with Gasteiger partial charge in [-0.3, -0.25) is 0 Å². The van der Waals surface area contributed by atoms with Gasteiger partial charge in [-0.2, -0.15) is 0 Å². The van der Waals surface area contributed by atoms with Gasteiger partial charge >= 0.3 is 0 Å². The fourth-order valence-corrected chi connectivity index (χ4v) is 3.22. The number of thiophene rings is 1. The summed E-state index contributed by atoms with van der Waals surface area (Å²) in [6.07, 6.45) is 0. The highest BCUT2D eigenvalue weighted by atomic mass is 79.9. The highest BCUT2D eigenvalue weighted by molar-refractivity contribution is 9.11. The lowest BCUT2D eigenvalue weighted by atomic mass is 10.1. The van der Waals surface area contributed by atoms with Crippen molar-refractivity contribution in [2.45, 2.75) is 6.04 Å². The monoisotopic (exact) mass is 355 g/mol. The molecule has 1 heterocycles. The standard InChI is InChI=1S/C11H6BrClF3NS/c12-11-5(13)3-7(18-11)10(17)4-1-2-6(14)9(16)8(4)15/h1-3,10H,17H2. The SMILES string of the molecule is NC(c1cc(Cl)c(Br)s1)c1ccc(F)c(F)c1F. The quantitative estimate of drug-likeness (QED) is 0.780. The molecule has 0 fully saturated rings. The van der Waals surface area contributed by atoms with Crippen LogP contribution in [-0.2, 0) is 0 Å². The number of hydrogen-bond donors (Lipinski definition) is 1. The van der Waals surface area contributed by atoms with E-state index in [2.05, 4.69) is 15.9 Å². The normalized spacial score (nSPS) is 12.8. The minimum Gasteiger partial charge on any atom is -0.320 e. The zero-order valence-electron chi connectivity index (χ0n) is 8.68. The third-order valence-corrected chi connectivity index (χ3v) is 4.93. The summed E-state index contributed by atoms with van der Waals surface area (Å²) in [5.41, 5.74) is 5.71. The molecule has 1 atom stereocenters. The average Bonchev–Trinajstić information content (AvgIpc) is 2.66. The lowest BCUT2D eigenvalue weighted by Gasteiger charge is -2.11. The maximum atomic E-state index is 13.6. The first-order valence-corrected chi connectivity index (χ1v) is 6.74. The Labute approximate surface area is 119 Å². The molecule has 0 bridgehead atoms. The lowest BCUT2D eigenvalue weighted by Crippen LogP contribution is -2.13. The van der Waals surface area contributed by atoms with E-state index in [1.807, 2.05) is 0 Å². The van der Waals surface area contributed by atoms with Crippen LogP contribution in [0.1, 0.15) is 16.5 Å². The van der Waals surface area contributed by atoms with Crippen LogP contribution in [0.25, 0.3) is 0 Å². The second-order valence-electron chi connectivity index (χ2n) is 3.51. The molecule has 7 heteroatoms. The van der Waals surface area contributed by atoms with Crippen molar-refractivity contribution >= 4 is 38.9 Å². The van der Waals surface area contributed by atoms with Crippen molar-refractivity contribution in [1.82, 2.24) is 0 Å². The van der Waals surface area contributed by atoms with Crippen LogP contribution in [0.4, 0.5) is 13.2 Å². The molecule has 0 saturated carbocycles. The van der Waals surface area contributed by atoms with Gasteiger partial charge in [0.1, 0.15) is 0 Å². The van der Waals surface area contributed by atoms with Gasteiger partial charge in [0.15, 0.2) is 17.5 Å². The molecule has 0 aliphatic heterocycles. The summed E-state index contributed by atoms with van der Waals surface area (Å²) in [5.74, 6) is -4.04. The molecule has 96 valence electrons. The summed E-state index contributed by atoms with van der Waals surface area (Å²) in [4.78, 5) is 0.553. The Bertz CT molecular complexity index is 583. The molecule has 0 spiro atoms. The number of rotatable bonds is 2. The van der Waals surface area contributed by atoms with E-state index >= 15 is 0 Å². The topological polar surface area (TPSA) is 26.0 Å². The fourth-order valence-electron chi connectivity index (χ4n) is 1.45. The van der Waals surface area contributed by atoms with Crippen LogP contribution in [0.3, 0.4) is 0 Å². The Balaban J connectivity index is 2.46. The van der Waals surface area contributed by atoms with Crippen LogP contribution in [0, 0.1) is 17.5 Å². The van der Waals surface area contributed by atoms with Gasteiger partial charge in [-0.15, -0.1) is 11.3 Å². The predicted octanol–water partition coefficient (Wildman–Crippen LogP) is 4.63. The summed E-state index contributed by atoms with van der Waals surface area (Å²) in [7, 11) is 0. The molecule has 2 N–H and O–H groups in total. The average molecular weight is 357 g/mol. The minimum atomic E-state index is -1.52. The molecule has 0 saturated heterocycles. The zero-order valence-corrected chi connectivity index (χ0v) is 11.8. The van der Waals surface area contributed by atoms with E-state index in [1.54, 1.807) is 6.07 Å². The Kier molecular flexibility index (Phi) is 4.01. The van der Waals surface area contributed by atoms with E-state index in [1.165, 1.54) is 11.3 Å². The summed E-state index contributed by atoms with van der Waals surface area (Å²) in [6.45, 7) is 0. The van der Waals surface area contributed by atoms with Gasteiger partial charge in [-0.25, -0.2) is 13.2 Å². The maximum absolute atomic E-state index is 13.6. The molecule has 1 unspecified atom stereocenters. The molecule has 1 nitrogen and oxygen atoms in total. The van der Waals surface area contributed by atoms with Gasteiger partial charge in [0.25, 0.3) is 0 Å². The molecule has 1 aromatic heterocycles. The van der Waals surface area contributed by atoms with E-state index in [4.69, 9.17) is 17.3 Å². The third-order valence-electron chi connectivity index (χ3n) is 2.37. The van der Waals surface area contributed by atoms with Crippen molar-refractivity contribution in [3.63, 3.8) is 0 Å². The summed E-state index contributed by atoms with van der Waals surface area (Å²) >= 11 is 10.3. The molecule has 18 heavy (non-hydrogen) atoms. The number of halogens is 5. The maximum Gasteiger partial charge on any atom is 0.194 e. The van der Waals surface area contributed by atoms with Crippen molar-refractivity contribution in [2.24, 2.45) is 5.73 Å². The van der Waals surface area contributed by atoms with Gasteiger partial charge in [-0.1, -0.05) is 17.7 Å². The van der Waals surface area contributed by atoms with E-state index in [9.17, 15) is 13.2 Å². The second-order valence-corrected chi connectivity index (χ2v) is 6.32. The first kappa shape index (κ1) is 13.9. The van der Waals surface area contributed by atoms with Crippen LogP contribution < -0.4 is 5.73 Å². The van der Waals surface area contributed by atoms with E-state index in [0.29, 0.717) is 13.7 Å². The van der Waals surface area contributed by atoms with E-state index < -0.39 is 23.5 Å². The smallest absolute Gasteiger partial charge is 0.194 e. The van der Waals surface area contributed by atoms with E-state index in [0.717, 1.165) is 12.1 Å². The first-order chi connectivity index (χ1) is 8.41. The van der Waals surface area contributed by atoms with Crippen molar-refractivity contribution < 1.29 is 13.2 Å². The van der Waals surface area contributed by atoms with Crippen LogP contribution in [0.5, 0.6) is 0 Å². The summed E-state index contributed by atoms with van der Waals surface area (Å²) in [6, 6.07) is 2.63. The van der Waals surface area contributed by atoms with Gasteiger partial charge in [0.2, 0.25) is 0 Å². The third kappa shape index (κ3) is 2.42. The van der Waals surface area contributed by atoms with Gasteiger partial charge in [0, 0.05) is 10.4 Å². The van der Waals surface area contributed by atoms with Crippen molar-refractivity contribution in [3.8, 4) is 0 Å². The van der Waals surface area contributed by atoms with Crippen molar-refractivity contribution in [3.05, 3.63) is 54.9 Å². The molecule has 2 aromatic rings. The molecule has 1 aromatic carbocycles. The zero-order chi connectivity index (χ0) is 13.4. The second kappa shape index (κ2) is 5.21. The highest BCUT2D eigenvalue weighted by Crippen LogP contribution is 2.37. The van der Waals surface area contributed by atoms with Crippen LogP contribution in [0.15, 0.2) is 22.0 Å². The van der Waals surface area contributed by atoms with E-state index in [-0.39, 0.29) is 5.56 Å². The van der Waals surface area contributed by atoms with Gasteiger partial charge < -0.3 is 5.73 Å². The van der Waals surface area contributed by atoms with Crippen molar-refractivity contribution in [2.75, 3.05) is 0 Å².